The summed E-state index contributed by atoms with van der Waals surface area (Å²) in [6.07, 6.45) is 6.26. The van der Waals surface area contributed by atoms with E-state index in [9.17, 15) is 0 Å². The Hall–Kier alpha value is -3.80. The van der Waals surface area contributed by atoms with Crippen molar-refractivity contribution in [2.45, 2.75) is 19.9 Å². The highest BCUT2D eigenvalue weighted by Crippen LogP contribution is 2.26. The first-order valence-electron chi connectivity index (χ1n) is 11.5. The number of aryl methyl sites for hydroxylation is 1. The Labute approximate surface area is 199 Å². The van der Waals surface area contributed by atoms with Crippen LogP contribution in [0.25, 0.3) is 29.1 Å². The number of anilines is 2. The van der Waals surface area contributed by atoms with Crippen LogP contribution in [0.4, 0.5) is 11.4 Å². The molecular formula is C26H30N8. The Morgan fingerprint density at radius 2 is 1.91 bits per heavy atom. The minimum absolute atomic E-state index is 0.129. The largest absolute Gasteiger partial charge is 0.397 e. The number of likely N-dealkylation sites (N-methyl/N-ethyl adjacent to an activating group) is 1. The highest BCUT2D eigenvalue weighted by molar-refractivity contribution is 5.79. The van der Waals surface area contributed by atoms with Crippen LogP contribution in [0.5, 0.6) is 0 Å². The molecule has 6 N–H and O–H groups in total. The number of rotatable bonds is 4. The highest BCUT2D eigenvalue weighted by Gasteiger charge is 2.21. The van der Waals surface area contributed by atoms with Crippen molar-refractivity contribution in [3.05, 3.63) is 52.9 Å². The molecule has 2 aliphatic rings. The number of nitrogens with zero attached hydrogens (tertiary/aromatic N) is 4. The quantitative estimate of drug-likeness (QED) is 0.356. The van der Waals surface area contributed by atoms with Gasteiger partial charge >= 0.3 is 0 Å². The molecule has 1 aliphatic carbocycles. The molecule has 0 spiro atoms. The second-order valence-corrected chi connectivity index (χ2v) is 9.02. The number of hydrogen-bond donors (Lipinski definition) is 4. The number of benzene rings is 1. The lowest BCUT2D eigenvalue weighted by Gasteiger charge is -2.34. The third kappa shape index (κ3) is 4.36. The Morgan fingerprint density at radius 1 is 1.12 bits per heavy atom. The number of nitrogens with two attached hydrogens (primary N) is 2. The molecule has 5 rings (SSSR count). The lowest BCUT2D eigenvalue weighted by molar-refractivity contribution is 0.148. The average Bonchev–Trinajstić information content (AvgIpc) is 3.34. The molecule has 2 aromatic heterocycles. The van der Waals surface area contributed by atoms with Crippen molar-refractivity contribution in [2.75, 3.05) is 44.7 Å². The van der Waals surface area contributed by atoms with Gasteiger partial charge in [-0.15, -0.1) is 0 Å². The minimum atomic E-state index is 0.129. The number of hydrogen-bond acceptors (Lipinski definition) is 6. The van der Waals surface area contributed by atoms with Gasteiger partial charge in [0.05, 0.1) is 28.8 Å². The number of H-pyrrole nitrogens is 2. The molecule has 174 valence electrons. The fourth-order valence-electron chi connectivity index (χ4n) is 4.23. The molecule has 8 heteroatoms. The Balaban J connectivity index is 1.36. The molecule has 0 saturated carbocycles. The van der Waals surface area contributed by atoms with Crippen LogP contribution in [0.2, 0.25) is 0 Å². The van der Waals surface area contributed by atoms with Gasteiger partial charge in [0, 0.05) is 37.4 Å². The molecule has 8 nitrogen and oxygen atoms in total. The summed E-state index contributed by atoms with van der Waals surface area (Å²) in [6.45, 7) is 8.23. The van der Waals surface area contributed by atoms with Crippen molar-refractivity contribution in [3.8, 4) is 23.2 Å². The van der Waals surface area contributed by atoms with E-state index in [1.54, 1.807) is 6.07 Å². The summed E-state index contributed by atoms with van der Waals surface area (Å²) < 4.78 is 0. The molecule has 1 aromatic carbocycles. The fourth-order valence-corrected chi connectivity index (χ4v) is 4.23. The molecule has 1 atom stereocenters. The van der Waals surface area contributed by atoms with Crippen LogP contribution in [-0.4, -0.2) is 69.0 Å². The summed E-state index contributed by atoms with van der Waals surface area (Å²) in [4.78, 5) is 21.1. The molecule has 1 unspecified atom stereocenters. The van der Waals surface area contributed by atoms with E-state index in [-0.39, 0.29) is 6.04 Å². The maximum atomic E-state index is 5.96. The second kappa shape index (κ2) is 8.86. The minimum Gasteiger partial charge on any atom is -0.397 e. The number of imidazole rings is 2. The first kappa shape index (κ1) is 22.0. The average molecular weight is 455 g/mol. The van der Waals surface area contributed by atoms with E-state index >= 15 is 0 Å². The lowest BCUT2D eigenvalue weighted by Crippen LogP contribution is -2.48. The van der Waals surface area contributed by atoms with Crippen molar-refractivity contribution >= 4 is 29.1 Å². The first-order chi connectivity index (χ1) is 16.4. The molecule has 1 fully saturated rings. The smallest absolute Gasteiger partial charge is 0.138 e. The van der Waals surface area contributed by atoms with E-state index in [2.05, 4.69) is 50.8 Å². The van der Waals surface area contributed by atoms with Crippen LogP contribution >= 0.6 is 0 Å². The van der Waals surface area contributed by atoms with E-state index in [1.807, 2.05) is 32.1 Å². The zero-order valence-corrected chi connectivity index (χ0v) is 19.8. The van der Waals surface area contributed by atoms with E-state index in [0.29, 0.717) is 11.4 Å². The van der Waals surface area contributed by atoms with Crippen molar-refractivity contribution in [1.29, 1.82) is 0 Å². The molecule has 0 bridgehead atoms. The summed E-state index contributed by atoms with van der Waals surface area (Å²) >= 11 is 0. The van der Waals surface area contributed by atoms with Gasteiger partial charge in [0.25, 0.3) is 0 Å². The van der Waals surface area contributed by atoms with Crippen molar-refractivity contribution in [1.82, 2.24) is 29.7 Å². The van der Waals surface area contributed by atoms with E-state index in [0.717, 1.165) is 71.7 Å². The zero-order chi connectivity index (χ0) is 23.8. The van der Waals surface area contributed by atoms with Gasteiger partial charge in [-0.1, -0.05) is 12.0 Å². The molecule has 3 heterocycles. The molecule has 3 aromatic rings. The Kier molecular flexibility index (Phi) is 5.74. The number of fused-ring (bicyclic) bond motifs is 1. The van der Waals surface area contributed by atoms with Crippen LogP contribution in [0, 0.1) is 18.8 Å². The number of allylic oxidation sites excluding steroid dienone is 1. The van der Waals surface area contributed by atoms with Crippen LogP contribution in [-0.2, 0) is 0 Å². The molecule has 1 aliphatic heterocycles. The number of piperazine rings is 1. The number of nitrogen functional groups attached to an aromatic ring is 2. The van der Waals surface area contributed by atoms with Crippen LogP contribution < -0.4 is 11.5 Å². The van der Waals surface area contributed by atoms with Crippen molar-refractivity contribution in [3.63, 3.8) is 0 Å². The first-order valence-corrected chi connectivity index (χ1v) is 11.5. The molecular weight excluding hydrogens is 424 g/mol. The van der Waals surface area contributed by atoms with E-state index in [4.69, 9.17) is 21.4 Å². The Morgan fingerprint density at radius 3 is 2.68 bits per heavy atom. The zero-order valence-electron chi connectivity index (χ0n) is 19.8. The summed E-state index contributed by atoms with van der Waals surface area (Å²) in [5.41, 5.74) is 18.3. The van der Waals surface area contributed by atoms with Crippen molar-refractivity contribution in [2.24, 2.45) is 0 Å². The van der Waals surface area contributed by atoms with Gasteiger partial charge < -0.3 is 26.3 Å². The molecule has 0 radical (unpaired) electrons. The van der Waals surface area contributed by atoms with Gasteiger partial charge in [0.2, 0.25) is 0 Å². The SMILES string of the molecule is C/C(=C\c1nc(-c2ccc(N)c(N)c2)[nH]c1C)c1nc2c([nH]1)C#CC(N1CCN(C)CC1)C=C2. The number of nitrogens with one attached hydrogen (secondary N) is 2. The van der Waals surface area contributed by atoms with Crippen molar-refractivity contribution < 1.29 is 0 Å². The third-order valence-corrected chi connectivity index (χ3v) is 6.45. The van der Waals surface area contributed by atoms with Gasteiger partial charge in [-0.2, -0.15) is 0 Å². The number of aromatic nitrogens is 4. The van der Waals surface area contributed by atoms with Crippen LogP contribution in [0.3, 0.4) is 0 Å². The van der Waals surface area contributed by atoms with Crippen LogP contribution in [0.15, 0.2) is 24.3 Å². The van der Waals surface area contributed by atoms with E-state index in [1.165, 1.54) is 0 Å². The van der Waals surface area contributed by atoms with E-state index < -0.39 is 0 Å². The highest BCUT2D eigenvalue weighted by atomic mass is 15.3. The summed E-state index contributed by atoms with van der Waals surface area (Å²) in [6, 6.07) is 5.66. The van der Waals surface area contributed by atoms with Gasteiger partial charge in [0.15, 0.2) is 0 Å². The van der Waals surface area contributed by atoms with Gasteiger partial charge in [-0.3, -0.25) is 4.90 Å². The third-order valence-electron chi connectivity index (χ3n) is 6.45. The van der Waals surface area contributed by atoms with Gasteiger partial charge in [0.1, 0.15) is 17.3 Å². The summed E-state index contributed by atoms with van der Waals surface area (Å²) in [7, 11) is 2.16. The standard InChI is InChI=1S/C26H30N8/c1-16(14-24-17(2)29-26(32-24)18-4-7-20(27)21(28)15-18)25-30-22-8-5-19(6-9-23(22)31-25)34-12-10-33(3)11-13-34/h4-5,7-8,14-15,19H,10-13,27-28H2,1-3H3,(H,29,32)(H,30,31)/b16-14+. The fraction of sp³-hybridized carbons (Fsp3) is 0.308. The summed E-state index contributed by atoms with van der Waals surface area (Å²) in [5.74, 6) is 8.27. The molecule has 0 amide bonds. The molecule has 1 saturated heterocycles. The van der Waals surface area contributed by atoms with Crippen LogP contribution in [0.1, 0.15) is 35.5 Å². The predicted molar refractivity (Wildman–Crippen MR) is 138 cm³/mol. The predicted octanol–water partition coefficient (Wildman–Crippen LogP) is 2.83. The summed E-state index contributed by atoms with van der Waals surface area (Å²) in [5, 5.41) is 0. The van der Waals surface area contributed by atoms with Gasteiger partial charge in [-0.25, -0.2) is 9.97 Å². The van der Waals surface area contributed by atoms with Gasteiger partial charge in [-0.05, 0) is 62.7 Å². The Bertz CT molecular complexity index is 1340. The second-order valence-electron chi connectivity index (χ2n) is 9.02. The number of aromatic amines is 2. The normalized spacial score (nSPS) is 18.9. The lowest BCUT2D eigenvalue weighted by atomic mass is 10.1. The molecule has 34 heavy (non-hydrogen) atoms. The topological polar surface area (TPSA) is 116 Å². The maximum absolute atomic E-state index is 5.96. The monoisotopic (exact) mass is 454 g/mol. The maximum Gasteiger partial charge on any atom is 0.138 e.